The Morgan fingerprint density at radius 3 is 2.82 bits per heavy atom. The van der Waals surface area contributed by atoms with Crippen LogP contribution in [0.2, 0.25) is 0 Å². The summed E-state index contributed by atoms with van der Waals surface area (Å²) in [5, 5.41) is 10.7. The fraction of sp³-hybridized carbons (Fsp3) is 0.381. The average molecular weight is 378 g/mol. The highest BCUT2D eigenvalue weighted by Gasteiger charge is 2.36. The monoisotopic (exact) mass is 378 g/mol. The standard InChI is InChI=1S/C21H22N4O3/c1-13-15(8-10-22-24-13)20(27)23-14-9-11-25(12-14)21(28)18-6-7-19(26)17-5-3-2-4-16(17)18/h2-5,8,10,14,18H,6-7,9,11-12H2,1H3,(H,23,27)/t14-,18?/m0/s1. The zero-order valence-electron chi connectivity index (χ0n) is 15.7. The van der Waals surface area contributed by atoms with Crippen molar-refractivity contribution in [1.82, 2.24) is 20.4 Å². The lowest BCUT2D eigenvalue weighted by atomic mass is 9.81. The molecule has 1 N–H and O–H groups in total. The van der Waals surface area contributed by atoms with Crippen LogP contribution in [0.15, 0.2) is 36.5 Å². The molecule has 0 radical (unpaired) electrons. The fourth-order valence-corrected chi connectivity index (χ4v) is 4.08. The lowest BCUT2D eigenvalue weighted by Crippen LogP contribution is -2.40. The second-order valence-corrected chi connectivity index (χ2v) is 7.38. The smallest absolute Gasteiger partial charge is 0.253 e. The topological polar surface area (TPSA) is 92.3 Å². The maximum Gasteiger partial charge on any atom is 0.253 e. The number of hydrogen-bond acceptors (Lipinski definition) is 5. The molecule has 1 aliphatic carbocycles. The second-order valence-electron chi connectivity index (χ2n) is 7.38. The third kappa shape index (κ3) is 3.40. The molecule has 2 aromatic rings. The third-order valence-corrected chi connectivity index (χ3v) is 5.58. The first-order chi connectivity index (χ1) is 13.5. The number of aromatic nitrogens is 2. The molecule has 0 saturated carbocycles. The molecular weight excluding hydrogens is 356 g/mol. The largest absolute Gasteiger partial charge is 0.347 e. The SMILES string of the molecule is Cc1nnccc1C(=O)N[C@H]1CCN(C(=O)C2CCC(=O)c3ccccc32)C1. The van der Waals surface area contributed by atoms with Gasteiger partial charge in [0.15, 0.2) is 5.78 Å². The number of Topliss-reactive ketones (excluding diaryl/α,β-unsaturated/α-hetero) is 1. The van der Waals surface area contributed by atoms with Crippen LogP contribution in [-0.2, 0) is 4.79 Å². The highest BCUT2D eigenvalue weighted by molar-refractivity contribution is 6.01. The molecular formula is C21H22N4O3. The molecule has 1 saturated heterocycles. The molecule has 1 aromatic heterocycles. The number of ketones is 1. The van der Waals surface area contributed by atoms with E-state index in [0.29, 0.717) is 49.2 Å². The molecule has 1 aromatic carbocycles. The van der Waals surface area contributed by atoms with Gasteiger partial charge in [-0.2, -0.15) is 10.2 Å². The lowest BCUT2D eigenvalue weighted by Gasteiger charge is -2.28. The molecule has 144 valence electrons. The molecule has 28 heavy (non-hydrogen) atoms. The van der Waals surface area contributed by atoms with Gasteiger partial charge >= 0.3 is 0 Å². The van der Waals surface area contributed by atoms with Gasteiger partial charge in [0.25, 0.3) is 5.91 Å². The Hall–Kier alpha value is -3.09. The normalized spacial score (nSPS) is 21.3. The van der Waals surface area contributed by atoms with Gasteiger partial charge in [-0.05, 0) is 31.4 Å². The van der Waals surface area contributed by atoms with Crippen molar-refractivity contribution in [2.45, 2.75) is 38.1 Å². The number of fused-ring (bicyclic) bond motifs is 1. The second kappa shape index (κ2) is 7.50. The molecule has 1 unspecified atom stereocenters. The summed E-state index contributed by atoms with van der Waals surface area (Å²) < 4.78 is 0. The number of amides is 2. The Kier molecular flexibility index (Phi) is 4.90. The van der Waals surface area contributed by atoms with Crippen LogP contribution < -0.4 is 5.32 Å². The van der Waals surface area contributed by atoms with Crippen molar-refractivity contribution in [1.29, 1.82) is 0 Å². The fourth-order valence-electron chi connectivity index (χ4n) is 4.08. The quantitative estimate of drug-likeness (QED) is 0.880. The van der Waals surface area contributed by atoms with E-state index in [1.807, 2.05) is 18.2 Å². The van der Waals surface area contributed by atoms with Crippen molar-refractivity contribution in [3.63, 3.8) is 0 Å². The number of carbonyl (C=O) groups excluding carboxylic acids is 3. The van der Waals surface area contributed by atoms with Crippen molar-refractivity contribution in [2.24, 2.45) is 0 Å². The van der Waals surface area contributed by atoms with Crippen molar-refractivity contribution < 1.29 is 14.4 Å². The van der Waals surface area contributed by atoms with Gasteiger partial charge in [0.1, 0.15) is 0 Å². The van der Waals surface area contributed by atoms with E-state index in [1.165, 1.54) is 6.20 Å². The molecule has 2 aliphatic rings. The molecule has 2 amide bonds. The van der Waals surface area contributed by atoms with Crippen molar-refractivity contribution in [2.75, 3.05) is 13.1 Å². The summed E-state index contributed by atoms with van der Waals surface area (Å²) in [4.78, 5) is 39.5. The van der Waals surface area contributed by atoms with Crippen LogP contribution in [0.5, 0.6) is 0 Å². The van der Waals surface area contributed by atoms with E-state index in [0.717, 1.165) is 5.56 Å². The maximum absolute atomic E-state index is 13.1. The number of hydrogen-bond donors (Lipinski definition) is 1. The van der Waals surface area contributed by atoms with Crippen molar-refractivity contribution >= 4 is 17.6 Å². The van der Waals surface area contributed by atoms with E-state index in [2.05, 4.69) is 15.5 Å². The molecule has 1 fully saturated rings. The Bertz CT molecular complexity index is 943. The summed E-state index contributed by atoms with van der Waals surface area (Å²) in [5.74, 6) is -0.332. The molecule has 2 heterocycles. The predicted octanol–water partition coefficient (Wildman–Crippen LogP) is 1.88. The summed E-state index contributed by atoms with van der Waals surface area (Å²) in [5.41, 5.74) is 2.57. The van der Waals surface area contributed by atoms with E-state index in [4.69, 9.17) is 0 Å². The van der Waals surface area contributed by atoms with Gasteiger partial charge in [-0.1, -0.05) is 24.3 Å². The minimum atomic E-state index is -0.282. The minimum absolute atomic E-state index is 0.0402. The van der Waals surface area contributed by atoms with E-state index in [1.54, 1.807) is 24.0 Å². The van der Waals surface area contributed by atoms with E-state index < -0.39 is 0 Å². The molecule has 7 heteroatoms. The molecule has 0 spiro atoms. The summed E-state index contributed by atoms with van der Waals surface area (Å²) >= 11 is 0. The van der Waals surface area contributed by atoms with Crippen LogP contribution in [-0.4, -0.2) is 51.8 Å². The lowest BCUT2D eigenvalue weighted by molar-refractivity contribution is -0.132. The van der Waals surface area contributed by atoms with Crippen molar-refractivity contribution in [3.8, 4) is 0 Å². The van der Waals surface area contributed by atoms with E-state index >= 15 is 0 Å². The molecule has 2 atom stereocenters. The Morgan fingerprint density at radius 2 is 2.00 bits per heavy atom. The number of carbonyl (C=O) groups is 3. The van der Waals surface area contributed by atoms with Crippen LogP contribution in [0, 0.1) is 6.92 Å². The first kappa shape index (κ1) is 18.3. The Morgan fingerprint density at radius 1 is 1.18 bits per heavy atom. The number of benzene rings is 1. The number of nitrogens with one attached hydrogen (secondary N) is 1. The summed E-state index contributed by atoms with van der Waals surface area (Å²) in [6.45, 7) is 2.83. The number of nitrogens with zero attached hydrogens (tertiary/aromatic N) is 3. The third-order valence-electron chi connectivity index (χ3n) is 5.58. The number of aryl methyl sites for hydroxylation is 1. The summed E-state index contributed by atoms with van der Waals surface area (Å²) in [6.07, 6.45) is 3.15. The number of rotatable bonds is 3. The van der Waals surface area contributed by atoms with Crippen LogP contribution in [0.3, 0.4) is 0 Å². The van der Waals surface area contributed by atoms with Gasteiger partial charge in [-0.15, -0.1) is 0 Å². The zero-order valence-corrected chi connectivity index (χ0v) is 15.7. The predicted molar refractivity (Wildman–Crippen MR) is 102 cm³/mol. The van der Waals surface area contributed by atoms with Crippen LogP contribution in [0.4, 0.5) is 0 Å². The van der Waals surface area contributed by atoms with Crippen LogP contribution in [0.1, 0.15) is 57.2 Å². The maximum atomic E-state index is 13.1. The highest BCUT2D eigenvalue weighted by atomic mass is 16.2. The van der Waals surface area contributed by atoms with Crippen molar-refractivity contribution in [3.05, 3.63) is 58.9 Å². The van der Waals surface area contributed by atoms with Gasteiger partial charge in [-0.3, -0.25) is 14.4 Å². The number of likely N-dealkylation sites (tertiary alicyclic amines) is 1. The van der Waals surface area contributed by atoms with E-state index in [9.17, 15) is 14.4 Å². The Labute approximate surface area is 163 Å². The van der Waals surface area contributed by atoms with Gasteiger partial charge in [0.2, 0.25) is 5.91 Å². The van der Waals surface area contributed by atoms with Gasteiger partial charge in [-0.25, -0.2) is 0 Å². The molecule has 1 aliphatic heterocycles. The van der Waals surface area contributed by atoms with E-state index in [-0.39, 0.29) is 29.6 Å². The van der Waals surface area contributed by atoms with Gasteiger partial charge in [0, 0.05) is 31.1 Å². The van der Waals surface area contributed by atoms with Gasteiger partial charge in [0.05, 0.1) is 23.4 Å². The van der Waals surface area contributed by atoms with Crippen LogP contribution >= 0.6 is 0 Å². The summed E-state index contributed by atoms with van der Waals surface area (Å²) in [7, 11) is 0. The average Bonchev–Trinajstić information content (AvgIpc) is 3.17. The first-order valence-corrected chi connectivity index (χ1v) is 9.54. The van der Waals surface area contributed by atoms with Crippen LogP contribution in [0.25, 0.3) is 0 Å². The first-order valence-electron chi connectivity index (χ1n) is 9.54. The van der Waals surface area contributed by atoms with Gasteiger partial charge < -0.3 is 10.2 Å². The summed E-state index contributed by atoms with van der Waals surface area (Å²) in [6, 6.07) is 8.94. The molecule has 0 bridgehead atoms. The molecule has 4 rings (SSSR count). The molecule has 7 nitrogen and oxygen atoms in total. The highest BCUT2D eigenvalue weighted by Crippen LogP contribution is 2.33. The Balaban J connectivity index is 1.43. The minimum Gasteiger partial charge on any atom is -0.347 e. The zero-order chi connectivity index (χ0) is 19.7.